The Hall–Kier alpha value is -1.71. The van der Waals surface area contributed by atoms with Crippen molar-refractivity contribution in [2.45, 2.75) is 50.5 Å². The molecule has 1 saturated carbocycles. The highest BCUT2D eigenvalue weighted by atomic mass is 32.2. The maximum atomic E-state index is 12.6. The number of sulfonamides is 1. The van der Waals surface area contributed by atoms with E-state index in [1.807, 2.05) is 14.0 Å². The molecule has 0 amide bonds. The molecule has 0 unspecified atom stereocenters. The van der Waals surface area contributed by atoms with Crippen LogP contribution < -0.4 is 10.0 Å². The Bertz CT molecular complexity index is 746. The molecule has 1 aromatic rings. The fraction of sp³-hybridized carbons (Fsp3) is 0.667. The van der Waals surface area contributed by atoms with Crippen LogP contribution in [-0.2, 0) is 10.0 Å². The van der Waals surface area contributed by atoms with Crippen molar-refractivity contribution in [2.75, 3.05) is 32.0 Å². The van der Waals surface area contributed by atoms with Gasteiger partial charge in [0.25, 0.3) is 5.69 Å². The van der Waals surface area contributed by atoms with Gasteiger partial charge in [-0.15, -0.1) is 0 Å². The Morgan fingerprint density at radius 2 is 1.93 bits per heavy atom. The summed E-state index contributed by atoms with van der Waals surface area (Å²) in [6.07, 6.45) is 3.57. The summed E-state index contributed by atoms with van der Waals surface area (Å²) in [5.41, 5.74) is 0.101. The van der Waals surface area contributed by atoms with Crippen LogP contribution in [0.5, 0.6) is 0 Å². The van der Waals surface area contributed by atoms with Gasteiger partial charge in [0.1, 0.15) is 5.69 Å². The molecule has 0 bridgehead atoms. The fourth-order valence-electron chi connectivity index (χ4n) is 3.18. The van der Waals surface area contributed by atoms with E-state index < -0.39 is 14.9 Å². The molecule has 1 aliphatic carbocycles. The van der Waals surface area contributed by atoms with E-state index in [2.05, 4.69) is 21.9 Å². The van der Waals surface area contributed by atoms with E-state index in [-0.39, 0.29) is 16.6 Å². The first kappa shape index (κ1) is 21.6. The first-order chi connectivity index (χ1) is 12.7. The fourth-order valence-corrected chi connectivity index (χ4v) is 4.51. The highest BCUT2D eigenvalue weighted by molar-refractivity contribution is 7.89. The van der Waals surface area contributed by atoms with Crippen molar-refractivity contribution in [3.63, 3.8) is 0 Å². The predicted molar refractivity (Wildman–Crippen MR) is 106 cm³/mol. The van der Waals surface area contributed by atoms with Gasteiger partial charge < -0.3 is 10.2 Å². The quantitative estimate of drug-likeness (QED) is 0.490. The van der Waals surface area contributed by atoms with Gasteiger partial charge in [-0.2, -0.15) is 0 Å². The lowest BCUT2D eigenvalue weighted by atomic mass is 9.88. The van der Waals surface area contributed by atoms with Crippen molar-refractivity contribution in [1.82, 2.24) is 9.62 Å². The van der Waals surface area contributed by atoms with Crippen molar-refractivity contribution >= 4 is 21.4 Å². The minimum absolute atomic E-state index is 0.0657. The molecule has 8 nitrogen and oxygen atoms in total. The number of anilines is 1. The van der Waals surface area contributed by atoms with Gasteiger partial charge in [0.05, 0.1) is 9.82 Å². The van der Waals surface area contributed by atoms with Crippen LogP contribution in [0, 0.1) is 16.0 Å². The molecule has 0 saturated heterocycles. The second-order valence-electron chi connectivity index (χ2n) is 7.34. The molecule has 0 heterocycles. The summed E-state index contributed by atoms with van der Waals surface area (Å²) in [6, 6.07) is 3.93. The average molecular weight is 399 g/mol. The van der Waals surface area contributed by atoms with Gasteiger partial charge >= 0.3 is 0 Å². The summed E-state index contributed by atoms with van der Waals surface area (Å²) in [5.74, 6) is 0.615. The normalized spacial score (nSPS) is 20.6. The van der Waals surface area contributed by atoms with Crippen LogP contribution in [0.2, 0.25) is 0 Å². The number of hydrogen-bond acceptors (Lipinski definition) is 6. The first-order valence-corrected chi connectivity index (χ1v) is 10.9. The minimum atomic E-state index is -3.78. The van der Waals surface area contributed by atoms with E-state index in [0.717, 1.165) is 44.8 Å². The van der Waals surface area contributed by atoms with Gasteiger partial charge in [-0.05, 0) is 57.3 Å². The smallest absolute Gasteiger partial charge is 0.293 e. The standard InChI is InChI=1S/C18H30N4O4S/c1-4-21(3)12-11-19-17-10-9-16(13-18(17)22(23)24)27(25,26)20-15-7-5-14(2)6-8-15/h9-10,13-15,19-20H,4-8,11-12H2,1-3H3. The number of nitro groups is 1. The lowest BCUT2D eigenvalue weighted by molar-refractivity contribution is -0.384. The second kappa shape index (κ2) is 9.48. The topological polar surface area (TPSA) is 105 Å². The van der Waals surface area contributed by atoms with E-state index in [4.69, 9.17) is 0 Å². The lowest BCUT2D eigenvalue weighted by Crippen LogP contribution is -2.37. The van der Waals surface area contributed by atoms with Crippen molar-refractivity contribution in [3.05, 3.63) is 28.3 Å². The Balaban J connectivity index is 2.12. The maximum absolute atomic E-state index is 12.6. The average Bonchev–Trinajstić information content (AvgIpc) is 2.63. The third-order valence-corrected chi connectivity index (χ3v) is 6.68. The van der Waals surface area contributed by atoms with Crippen LogP contribution in [-0.4, -0.2) is 51.0 Å². The van der Waals surface area contributed by atoms with Crippen LogP contribution in [0.15, 0.2) is 23.1 Å². The number of nitro benzene ring substituents is 1. The summed E-state index contributed by atoms with van der Waals surface area (Å²) < 4.78 is 28.0. The zero-order valence-electron chi connectivity index (χ0n) is 16.3. The second-order valence-corrected chi connectivity index (χ2v) is 9.05. The van der Waals surface area contributed by atoms with Gasteiger partial charge in [0, 0.05) is 25.2 Å². The summed E-state index contributed by atoms with van der Waals surface area (Å²) in [4.78, 5) is 12.9. The molecule has 0 radical (unpaired) electrons. The van der Waals surface area contributed by atoms with Crippen molar-refractivity contribution < 1.29 is 13.3 Å². The Morgan fingerprint density at radius 1 is 1.26 bits per heavy atom. The summed E-state index contributed by atoms with van der Waals surface area (Å²) in [6.45, 7) is 6.35. The zero-order chi connectivity index (χ0) is 20.0. The molecule has 152 valence electrons. The zero-order valence-corrected chi connectivity index (χ0v) is 17.1. The highest BCUT2D eigenvalue weighted by Crippen LogP contribution is 2.29. The molecule has 1 fully saturated rings. The third-order valence-electron chi connectivity index (χ3n) is 5.16. The molecule has 0 aliphatic heterocycles. The van der Waals surface area contributed by atoms with E-state index >= 15 is 0 Å². The minimum Gasteiger partial charge on any atom is -0.378 e. The molecule has 0 spiro atoms. The first-order valence-electron chi connectivity index (χ1n) is 9.46. The number of nitrogens with one attached hydrogen (secondary N) is 2. The lowest BCUT2D eigenvalue weighted by Gasteiger charge is -2.26. The molecule has 27 heavy (non-hydrogen) atoms. The van der Waals surface area contributed by atoms with Crippen LogP contribution >= 0.6 is 0 Å². The van der Waals surface area contributed by atoms with Gasteiger partial charge in [-0.3, -0.25) is 10.1 Å². The molecule has 0 aromatic heterocycles. The number of nitrogens with zero attached hydrogens (tertiary/aromatic N) is 2. The number of likely N-dealkylation sites (N-methyl/N-ethyl adjacent to an activating group) is 1. The molecule has 1 aliphatic rings. The predicted octanol–water partition coefficient (Wildman–Crippen LogP) is 2.82. The largest absolute Gasteiger partial charge is 0.378 e. The van der Waals surface area contributed by atoms with Crippen molar-refractivity contribution in [1.29, 1.82) is 0 Å². The van der Waals surface area contributed by atoms with Crippen LogP contribution in [0.25, 0.3) is 0 Å². The number of hydrogen-bond donors (Lipinski definition) is 2. The Kier molecular flexibility index (Phi) is 7.58. The molecule has 1 aromatic carbocycles. The van der Waals surface area contributed by atoms with E-state index in [0.29, 0.717) is 18.2 Å². The van der Waals surface area contributed by atoms with Crippen molar-refractivity contribution in [2.24, 2.45) is 5.92 Å². The van der Waals surface area contributed by atoms with E-state index in [1.54, 1.807) is 0 Å². The third kappa shape index (κ3) is 6.15. The van der Waals surface area contributed by atoms with Gasteiger partial charge in [0.2, 0.25) is 10.0 Å². The molecule has 9 heteroatoms. The van der Waals surface area contributed by atoms with Gasteiger partial charge in [0.15, 0.2) is 0 Å². The molecular formula is C18H30N4O4S. The Morgan fingerprint density at radius 3 is 2.52 bits per heavy atom. The van der Waals surface area contributed by atoms with Gasteiger partial charge in [-0.25, -0.2) is 13.1 Å². The number of rotatable bonds is 9. The van der Waals surface area contributed by atoms with E-state index in [1.165, 1.54) is 12.1 Å². The number of benzene rings is 1. The summed E-state index contributed by atoms with van der Waals surface area (Å²) in [7, 11) is -1.82. The summed E-state index contributed by atoms with van der Waals surface area (Å²) in [5, 5.41) is 14.4. The molecule has 0 atom stereocenters. The monoisotopic (exact) mass is 398 g/mol. The molecule has 2 rings (SSSR count). The summed E-state index contributed by atoms with van der Waals surface area (Å²) >= 11 is 0. The van der Waals surface area contributed by atoms with Gasteiger partial charge in [-0.1, -0.05) is 13.8 Å². The van der Waals surface area contributed by atoms with Crippen LogP contribution in [0.3, 0.4) is 0 Å². The maximum Gasteiger partial charge on any atom is 0.293 e. The van der Waals surface area contributed by atoms with Crippen LogP contribution in [0.4, 0.5) is 11.4 Å². The highest BCUT2D eigenvalue weighted by Gasteiger charge is 2.26. The van der Waals surface area contributed by atoms with Crippen molar-refractivity contribution in [3.8, 4) is 0 Å². The Labute approximate surface area is 161 Å². The SMILES string of the molecule is CCN(C)CCNc1ccc(S(=O)(=O)NC2CCC(C)CC2)cc1[N+](=O)[O-]. The molecule has 2 N–H and O–H groups in total. The van der Waals surface area contributed by atoms with Crippen LogP contribution in [0.1, 0.15) is 39.5 Å². The molecular weight excluding hydrogens is 368 g/mol. The van der Waals surface area contributed by atoms with E-state index in [9.17, 15) is 18.5 Å².